The van der Waals surface area contributed by atoms with Gasteiger partial charge in [-0.2, -0.15) is 0 Å². The number of cyclic esters (lactones) is 1. The third kappa shape index (κ3) is 4.85. The van der Waals surface area contributed by atoms with Crippen LogP contribution in [-0.2, 0) is 28.5 Å². The van der Waals surface area contributed by atoms with Crippen molar-refractivity contribution in [2.45, 2.75) is 107 Å². The summed E-state index contributed by atoms with van der Waals surface area (Å²) in [6.07, 6.45) is 6.70. The van der Waals surface area contributed by atoms with E-state index in [1.54, 1.807) is 18.2 Å². The van der Waals surface area contributed by atoms with Crippen LogP contribution in [0.4, 0.5) is 0 Å². The minimum atomic E-state index is -1.85. The number of carbonyl (C=O) groups excluding carboxylic acids is 2. The Morgan fingerprint density at radius 2 is 1.90 bits per heavy atom. The summed E-state index contributed by atoms with van der Waals surface area (Å²) in [4.78, 5) is 29.5. The second-order valence-corrected chi connectivity index (χ2v) is 18.2. The molecule has 0 bridgehead atoms. The molecule has 0 aromatic heterocycles. The van der Waals surface area contributed by atoms with Crippen LogP contribution in [0.2, 0.25) is 0 Å². The molecule has 12 heteroatoms. The zero-order chi connectivity index (χ0) is 35.4. The molecule has 4 N–H and O–H groups in total. The number of aliphatic hydroxyl groups excluding tert-OH is 1. The van der Waals surface area contributed by atoms with Gasteiger partial charge in [0.05, 0.1) is 36.2 Å². The summed E-state index contributed by atoms with van der Waals surface area (Å²) in [6.45, 7) is 4.91. The second-order valence-electron chi connectivity index (χ2n) is 17.0. The molecule has 4 heterocycles. The molecule has 2 saturated heterocycles. The summed E-state index contributed by atoms with van der Waals surface area (Å²) in [7, 11) is 0. The molecule has 276 valence electrons. The Labute approximate surface area is 303 Å². The van der Waals surface area contributed by atoms with Gasteiger partial charge >= 0.3 is 11.9 Å². The fourth-order valence-electron chi connectivity index (χ4n) is 12.6. The first-order chi connectivity index (χ1) is 24.5. The van der Waals surface area contributed by atoms with Crippen LogP contribution in [0.25, 0.3) is 0 Å². The molecule has 6 fully saturated rings. The average molecular weight is 723 g/mol. The van der Waals surface area contributed by atoms with E-state index in [0.717, 1.165) is 44.1 Å². The maximum Gasteiger partial charge on any atom is 0.338 e. The van der Waals surface area contributed by atoms with E-state index >= 15 is 0 Å². The van der Waals surface area contributed by atoms with E-state index in [2.05, 4.69) is 6.92 Å². The Kier molecular flexibility index (Phi) is 8.08. The standard InChI is InChI=1S/C39H50N2O9S/c1-22-16-38(41-31(40)19-51-38)39(45)34(48-22)49-29-15-25-8-9-28-27(36(25,17-30(29)50-39)21-47-33(44)23-6-4-3-5-7-23)10-12-35(2)26(11-13-37(28,35)20-42)24-14-32(43)46-18-24/h3-7,14,22,25-30,34,42,45H,8-13,15-21H2,1-2H3,(H2,40,41)/t22-,25+,26-,27+,28-,29-,30-,34+,35-,36-,37+,38+,39?/m1/s1. The first-order valence-corrected chi connectivity index (χ1v) is 19.8. The van der Waals surface area contributed by atoms with E-state index in [0.29, 0.717) is 43.0 Å². The van der Waals surface area contributed by atoms with Crippen LogP contribution in [0.1, 0.15) is 82.0 Å². The Morgan fingerprint density at radius 1 is 1.08 bits per heavy atom. The van der Waals surface area contributed by atoms with Gasteiger partial charge in [0, 0.05) is 29.9 Å². The number of esters is 2. The van der Waals surface area contributed by atoms with Gasteiger partial charge in [0.25, 0.3) is 5.79 Å². The SMILES string of the molecule is C[C@@H]1C[C@@]2(N=C(N)CS2)C2(O)O[C@@H]3C[C@@]4(COC(=O)c5ccccc5)[C@@H](CC[C@@H]5[C@@H]4CC[C@]4(C)[C@@H](C6=CC(=O)OC6)CC[C@]54CO)C[C@H]3O[C@@H]2O1. The molecule has 1 unspecified atom stereocenters. The average Bonchev–Trinajstić information content (AvgIpc) is 3.81. The van der Waals surface area contributed by atoms with Gasteiger partial charge in [-0.25, -0.2) is 14.6 Å². The number of nitrogens with two attached hydrogens (primary N) is 1. The number of aliphatic hydroxyl groups is 2. The van der Waals surface area contributed by atoms with Crippen LogP contribution < -0.4 is 5.73 Å². The number of nitrogens with zero attached hydrogens (tertiary/aromatic N) is 1. The van der Waals surface area contributed by atoms with E-state index in [-0.39, 0.29) is 71.9 Å². The van der Waals surface area contributed by atoms with E-state index in [9.17, 15) is 19.8 Å². The fourth-order valence-corrected chi connectivity index (χ4v) is 14.0. The van der Waals surface area contributed by atoms with Gasteiger partial charge in [0.15, 0.2) is 4.87 Å². The summed E-state index contributed by atoms with van der Waals surface area (Å²) in [6, 6.07) is 9.11. The smallest absolute Gasteiger partial charge is 0.338 e. The van der Waals surface area contributed by atoms with Crippen LogP contribution in [0.3, 0.4) is 0 Å². The Morgan fingerprint density at radius 3 is 2.63 bits per heavy atom. The Hall–Kier alpha value is -2.48. The molecule has 13 atom stereocenters. The van der Waals surface area contributed by atoms with Crippen molar-refractivity contribution in [1.29, 1.82) is 0 Å². The second kappa shape index (κ2) is 12.0. The Bertz CT molecular complexity index is 1660. The van der Waals surface area contributed by atoms with Gasteiger partial charge in [-0.15, -0.1) is 11.8 Å². The number of carbonyl (C=O) groups is 2. The third-order valence-corrected chi connectivity index (χ3v) is 16.4. The fraction of sp³-hybridized carbons (Fsp3) is 0.718. The predicted octanol–water partition coefficient (Wildman–Crippen LogP) is 4.35. The maximum atomic E-state index is 13.6. The number of fused-ring (bicyclic) bond motifs is 8. The van der Waals surface area contributed by atoms with E-state index in [1.165, 1.54) is 11.8 Å². The number of hydrogen-bond acceptors (Lipinski definition) is 12. The van der Waals surface area contributed by atoms with E-state index < -0.39 is 28.5 Å². The van der Waals surface area contributed by atoms with Gasteiger partial charge in [-0.05, 0) is 105 Å². The molecule has 1 aromatic carbocycles. The van der Waals surface area contributed by atoms with Crippen molar-refractivity contribution in [3.63, 3.8) is 0 Å². The van der Waals surface area contributed by atoms with E-state index in [1.807, 2.05) is 25.1 Å². The van der Waals surface area contributed by atoms with Crippen molar-refractivity contribution in [2.24, 2.45) is 50.6 Å². The van der Waals surface area contributed by atoms with Gasteiger partial charge < -0.3 is 39.6 Å². The summed E-state index contributed by atoms with van der Waals surface area (Å²) in [5, 5.41) is 24.0. The largest absolute Gasteiger partial charge is 0.461 e. The van der Waals surface area contributed by atoms with Crippen molar-refractivity contribution >= 4 is 29.5 Å². The predicted molar refractivity (Wildman–Crippen MR) is 187 cm³/mol. The highest BCUT2D eigenvalue weighted by Gasteiger charge is 2.73. The summed E-state index contributed by atoms with van der Waals surface area (Å²) >= 11 is 1.48. The highest BCUT2D eigenvalue weighted by molar-refractivity contribution is 8.01. The highest BCUT2D eigenvalue weighted by atomic mass is 32.2. The minimum Gasteiger partial charge on any atom is -0.461 e. The van der Waals surface area contributed by atoms with Gasteiger partial charge in [-0.3, -0.25) is 0 Å². The Balaban J connectivity index is 1.08. The van der Waals surface area contributed by atoms with Crippen molar-refractivity contribution in [3.05, 3.63) is 47.5 Å². The molecular weight excluding hydrogens is 673 g/mol. The van der Waals surface area contributed by atoms with Gasteiger partial charge in [-0.1, -0.05) is 25.1 Å². The monoisotopic (exact) mass is 722 g/mol. The van der Waals surface area contributed by atoms with Crippen molar-refractivity contribution in [2.75, 3.05) is 25.6 Å². The zero-order valence-corrected chi connectivity index (χ0v) is 30.3. The summed E-state index contributed by atoms with van der Waals surface area (Å²) in [5.41, 5.74) is 6.74. The van der Waals surface area contributed by atoms with Crippen LogP contribution >= 0.6 is 11.8 Å². The summed E-state index contributed by atoms with van der Waals surface area (Å²) < 4.78 is 31.5. The highest BCUT2D eigenvalue weighted by Crippen LogP contribution is 2.74. The van der Waals surface area contributed by atoms with Crippen LogP contribution in [0.15, 0.2) is 47.0 Å². The van der Waals surface area contributed by atoms with E-state index in [4.69, 9.17) is 34.4 Å². The molecule has 1 aromatic rings. The molecule has 51 heavy (non-hydrogen) atoms. The topological polar surface area (TPSA) is 159 Å². The van der Waals surface area contributed by atoms with Gasteiger partial charge in [0.1, 0.15) is 12.4 Å². The lowest BCUT2D eigenvalue weighted by Crippen LogP contribution is -2.73. The summed E-state index contributed by atoms with van der Waals surface area (Å²) in [5.74, 6) is -0.874. The van der Waals surface area contributed by atoms with Crippen molar-refractivity contribution in [1.82, 2.24) is 0 Å². The number of ether oxygens (including phenoxy) is 5. The van der Waals surface area contributed by atoms with Crippen molar-refractivity contribution in [3.8, 4) is 0 Å². The molecule has 4 aliphatic heterocycles. The number of aliphatic imine (C=N–C) groups is 1. The third-order valence-electron chi connectivity index (χ3n) is 15.0. The molecule has 4 saturated carbocycles. The maximum absolute atomic E-state index is 13.6. The van der Waals surface area contributed by atoms with Crippen molar-refractivity contribution < 1.29 is 43.5 Å². The lowest BCUT2D eigenvalue weighted by molar-refractivity contribution is -0.447. The van der Waals surface area contributed by atoms with Crippen LogP contribution in [0, 0.1) is 39.9 Å². The lowest BCUT2D eigenvalue weighted by atomic mass is 9.39. The first kappa shape index (κ1) is 34.3. The molecule has 0 radical (unpaired) electrons. The lowest BCUT2D eigenvalue weighted by Gasteiger charge is -2.67. The zero-order valence-electron chi connectivity index (χ0n) is 29.5. The van der Waals surface area contributed by atoms with Crippen LogP contribution in [0.5, 0.6) is 0 Å². The molecule has 1 spiro atoms. The number of rotatable bonds is 5. The van der Waals surface area contributed by atoms with Crippen LogP contribution in [-0.4, -0.2) is 88.8 Å². The molecular formula is C39H50N2O9S. The number of hydrogen-bond donors (Lipinski definition) is 3. The van der Waals surface area contributed by atoms with Gasteiger partial charge in [0.2, 0.25) is 6.29 Å². The molecule has 11 nitrogen and oxygen atoms in total. The number of thioether (sulfide) groups is 1. The normalized spacial score (nSPS) is 48.4. The molecule has 8 aliphatic rings. The molecule has 9 rings (SSSR count). The first-order valence-electron chi connectivity index (χ1n) is 18.9. The number of benzene rings is 1. The quantitative estimate of drug-likeness (QED) is 0.293. The minimum absolute atomic E-state index is 0.0651. The molecule has 4 aliphatic carbocycles. The molecule has 0 amide bonds. The number of amidine groups is 1.